The van der Waals surface area contributed by atoms with Crippen molar-refractivity contribution in [3.63, 3.8) is 0 Å². The predicted octanol–water partition coefficient (Wildman–Crippen LogP) is 2.64. The Hall–Kier alpha value is -2.91. The first-order valence-corrected chi connectivity index (χ1v) is 11.7. The van der Waals surface area contributed by atoms with Gasteiger partial charge < -0.3 is 15.1 Å². The van der Waals surface area contributed by atoms with Gasteiger partial charge in [0.2, 0.25) is 0 Å². The number of amides is 2. The minimum Gasteiger partial charge on any atom is -0.469 e. The molecule has 0 saturated carbocycles. The van der Waals surface area contributed by atoms with Crippen molar-refractivity contribution in [1.29, 1.82) is 0 Å². The molecule has 0 unspecified atom stereocenters. The Bertz CT molecular complexity index is 1070. The quantitative estimate of drug-likeness (QED) is 0.518. The van der Waals surface area contributed by atoms with Crippen molar-refractivity contribution in [3.05, 3.63) is 76.4 Å². The number of benzene rings is 1. The highest BCUT2D eigenvalue weighted by Crippen LogP contribution is 2.31. The summed E-state index contributed by atoms with van der Waals surface area (Å²) in [6, 6.07) is 13.5. The monoisotopic (exact) mass is 446 g/mol. The van der Waals surface area contributed by atoms with Crippen molar-refractivity contribution in [1.82, 2.24) is 10.6 Å². The summed E-state index contributed by atoms with van der Waals surface area (Å²) in [6.45, 7) is 1.90. The average molecular weight is 447 g/mol. The molecular weight excluding hydrogens is 424 g/mol. The lowest BCUT2D eigenvalue weighted by Gasteiger charge is -2.17. The standard InChI is InChI=1S/C21H22N2O5S2/c1-15-6-8-17(9-7-15)30(26,27)19(18-5-3-13-29-18)14-23-21(25)20(24)22-11-10-16-4-2-12-28-16/h2-9,12-13,19H,10-11,14H2,1H3,(H,22,24)(H,23,25)/t19-/m0/s1. The maximum Gasteiger partial charge on any atom is 0.309 e. The molecule has 158 valence electrons. The van der Waals surface area contributed by atoms with Gasteiger partial charge in [-0.3, -0.25) is 9.59 Å². The van der Waals surface area contributed by atoms with Crippen molar-refractivity contribution < 1.29 is 22.4 Å². The van der Waals surface area contributed by atoms with Crippen LogP contribution in [0.2, 0.25) is 0 Å². The molecule has 2 amide bonds. The van der Waals surface area contributed by atoms with Crippen LogP contribution in [0.5, 0.6) is 0 Å². The van der Waals surface area contributed by atoms with Crippen molar-refractivity contribution in [3.8, 4) is 0 Å². The summed E-state index contributed by atoms with van der Waals surface area (Å²) in [4.78, 5) is 25.0. The second-order valence-electron chi connectivity index (χ2n) is 6.66. The van der Waals surface area contributed by atoms with Gasteiger partial charge in [0.05, 0.1) is 11.2 Å². The van der Waals surface area contributed by atoms with Crippen LogP contribution in [0.1, 0.15) is 21.5 Å². The number of hydrogen-bond donors (Lipinski definition) is 2. The number of sulfone groups is 1. The Labute approximate surface area is 179 Å². The van der Waals surface area contributed by atoms with Gasteiger partial charge in [0.25, 0.3) is 0 Å². The van der Waals surface area contributed by atoms with E-state index >= 15 is 0 Å². The molecule has 0 saturated heterocycles. The van der Waals surface area contributed by atoms with Crippen LogP contribution >= 0.6 is 11.3 Å². The zero-order chi connectivity index (χ0) is 21.6. The minimum absolute atomic E-state index is 0.170. The fourth-order valence-corrected chi connectivity index (χ4v) is 5.61. The Morgan fingerprint density at radius 2 is 1.77 bits per heavy atom. The molecule has 2 heterocycles. The number of thiophene rings is 1. The lowest BCUT2D eigenvalue weighted by atomic mass is 10.2. The zero-order valence-corrected chi connectivity index (χ0v) is 18.0. The largest absolute Gasteiger partial charge is 0.469 e. The third-order valence-electron chi connectivity index (χ3n) is 4.48. The van der Waals surface area contributed by atoms with Crippen molar-refractivity contribution in [2.24, 2.45) is 0 Å². The van der Waals surface area contributed by atoms with Gasteiger partial charge in [-0.1, -0.05) is 23.8 Å². The molecule has 3 rings (SSSR count). The average Bonchev–Trinajstić information content (AvgIpc) is 3.42. The van der Waals surface area contributed by atoms with E-state index in [9.17, 15) is 18.0 Å². The smallest absolute Gasteiger partial charge is 0.309 e. The van der Waals surface area contributed by atoms with E-state index in [0.717, 1.165) is 5.56 Å². The van der Waals surface area contributed by atoms with E-state index < -0.39 is 26.9 Å². The van der Waals surface area contributed by atoms with E-state index in [4.69, 9.17) is 4.42 Å². The van der Waals surface area contributed by atoms with Gasteiger partial charge in [-0.15, -0.1) is 11.3 Å². The molecule has 2 N–H and O–H groups in total. The summed E-state index contributed by atoms with van der Waals surface area (Å²) in [5.74, 6) is -1.01. The summed E-state index contributed by atoms with van der Waals surface area (Å²) in [5, 5.41) is 5.74. The van der Waals surface area contributed by atoms with Crippen LogP contribution in [0.15, 0.2) is 69.5 Å². The molecule has 0 aliphatic heterocycles. The van der Waals surface area contributed by atoms with Gasteiger partial charge in [-0.25, -0.2) is 8.42 Å². The molecule has 30 heavy (non-hydrogen) atoms. The molecule has 0 radical (unpaired) electrons. The molecule has 1 aromatic carbocycles. The lowest BCUT2D eigenvalue weighted by Crippen LogP contribution is -2.42. The molecule has 0 spiro atoms. The molecule has 7 nitrogen and oxygen atoms in total. The van der Waals surface area contributed by atoms with Crippen molar-refractivity contribution in [2.75, 3.05) is 13.1 Å². The highest BCUT2D eigenvalue weighted by molar-refractivity contribution is 7.91. The van der Waals surface area contributed by atoms with Crippen LogP contribution in [0.25, 0.3) is 0 Å². The number of carbonyl (C=O) groups is 2. The molecular formula is C21H22N2O5S2. The molecule has 0 aliphatic carbocycles. The second-order valence-corrected chi connectivity index (χ2v) is 9.77. The van der Waals surface area contributed by atoms with E-state index in [1.807, 2.05) is 6.92 Å². The van der Waals surface area contributed by atoms with E-state index in [1.165, 1.54) is 17.6 Å². The molecule has 3 aromatic rings. The molecule has 0 fully saturated rings. The molecule has 1 atom stereocenters. The van der Waals surface area contributed by atoms with E-state index in [-0.39, 0.29) is 18.0 Å². The van der Waals surface area contributed by atoms with E-state index in [2.05, 4.69) is 10.6 Å². The molecule has 0 aliphatic rings. The first-order chi connectivity index (χ1) is 14.4. The topological polar surface area (TPSA) is 105 Å². The Balaban J connectivity index is 1.65. The van der Waals surface area contributed by atoms with Crippen LogP contribution < -0.4 is 10.6 Å². The summed E-state index contributed by atoms with van der Waals surface area (Å²) in [7, 11) is -3.76. The first kappa shape index (κ1) is 21.8. The van der Waals surface area contributed by atoms with Gasteiger partial charge in [0.1, 0.15) is 11.0 Å². The second kappa shape index (κ2) is 9.73. The number of hydrogen-bond acceptors (Lipinski definition) is 6. The van der Waals surface area contributed by atoms with Crippen molar-refractivity contribution >= 4 is 33.0 Å². The van der Waals surface area contributed by atoms with Crippen LogP contribution in [0.3, 0.4) is 0 Å². The number of aryl methyl sites for hydroxylation is 1. The predicted molar refractivity (Wildman–Crippen MR) is 114 cm³/mol. The van der Waals surface area contributed by atoms with Crippen LogP contribution in [0.4, 0.5) is 0 Å². The summed E-state index contributed by atoms with van der Waals surface area (Å²) in [5.41, 5.74) is 0.946. The number of furan rings is 1. The highest BCUT2D eigenvalue weighted by Gasteiger charge is 2.31. The van der Waals surface area contributed by atoms with E-state index in [0.29, 0.717) is 17.1 Å². The number of carbonyl (C=O) groups excluding carboxylic acids is 2. The maximum atomic E-state index is 13.2. The Morgan fingerprint density at radius 1 is 1.03 bits per heavy atom. The van der Waals surface area contributed by atoms with Crippen LogP contribution in [-0.2, 0) is 25.8 Å². The van der Waals surface area contributed by atoms with Gasteiger partial charge in [-0.2, -0.15) is 0 Å². The Morgan fingerprint density at radius 3 is 2.40 bits per heavy atom. The normalized spacial score (nSPS) is 12.3. The van der Waals surface area contributed by atoms with E-state index in [1.54, 1.807) is 53.9 Å². The summed E-state index contributed by atoms with van der Waals surface area (Å²) in [6.07, 6.45) is 1.98. The minimum atomic E-state index is -3.76. The van der Waals surface area contributed by atoms with Crippen LogP contribution in [-0.4, -0.2) is 33.3 Å². The first-order valence-electron chi connectivity index (χ1n) is 9.30. The lowest BCUT2D eigenvalue weighted by molar-refractivity contribution is -0.139. The number of rotatable bonds is 8. The van der Waals surface area contributed by atoms with Gasteiger partial charge in [0.15, 0.2) is 9.84 Å². The number of nitrogens with one attached hydrogen (secondary N) is 2. The van der Waals surface area contributed by atoms with Crippen LogP contribution in [0, 0.1) is 6.92 Å². The van der Waals surface area contributed by atoms with Gasteiger partial charge in [0, 0.05) is 24.4 Å². The SMILES string of the molecule is Cc1ccc(S(=O)(=O)[C@@H](CNC(=O)C(=O)NCCc2ccco2)c2cccs2)cc1. The molecule has 0 bridgehead atoms. The summed E-state index contributed by atoms with van der Waals surface area (Å²) < 4.78 is 31.5. The van der Waals surface area contributed by atoms with Crippen molar-refractivity contribution in [2.45, 2.75) is 23.5 Å². The highest BCUT2D eigenvalue weighted by atomic mass is 32.2. The molecule has 2 aromatic heterocycles. The third kappa shape index (κ3) is 5.37. The summed E-state index contributed by atoms with van der Waals surface area (Å²) >= 11 is 1.29. The third-order valence-corrected chi connectivity index (χ3v) is 7.71. The Kier molecular flexibility index (Phi) is 7.07. The maximum absolute atomic E-state index is 13.2. The zero-order valence-electron chi connectivity index (χ0n) is 16.3. The fourth-order valence-electron chi connectivity index (χ4n) is 2.83. The van der Waals surface area contributed by atoms with Gasteiger partial charge >= 0.3 is 11.8 Å². The van der Waals surface area contributed by atoms with Gasteiger partial charge in [-0.05, 0) is 42.6 Å². The molecule has 9 heteroatoms. The fraction of sp³-hybridized carbons (Fsp3) is 0.238.